The maximum Gasteiger partial charge on any atom is 0.387 e. The van der Waals surface area contributed by atoms with Crippen molar-refractivity contribution in [3.63, 3.8) is 0 Å². The number of hydrogen-bond acceptors (Lipinski definition) is 4. The summed E-state index contributed by atoms with van der Waals surface area (Å²) in [6, 6.07) is 8.85. The molecule has 0 radical (unpaired) electrons. The molecule has 1 aromatic carbocycles. The minimum Gasteiger partial charge on any atom is -0.475 e. The molecular weight excluding hydrogens is 272 g/mol. The summed E-state index contributed by atoms with van der Waals surface area (Å²) in [5, 5.41) is 11.7. The van der Waals surface area contributed by atoms with E-state index in [-0.39, 0.29) is 18.1 Å². The molecule has 0 aliphatic carbocycles. The van der Waals surface area contributed by atoms with Gasteiger partial charge in [-0.25, -0.2) is 4.79 Å². The number of aromatic carboxylic acids is 1. The fourth-order valence-corrected chi connectivity index (χ4v) is 1.53. The summed E-state index contributed by atoms with van der Waals surface area (Å²) < 4.78 is 33.2. The van der Waals surface area contributed by atoms with Crippen molar-refractivity contribution < 1.29 is 27.8 Å². The summed E-state index contributed by atoms with van der Waals surface area (Å²) in [4.78, 5) is 10.6. The number of benzene rings is 1. The van der Waals surface area contributed by atoms with Gasteiger partial charge >= 0.3 is 12.6 Å². The van der Waals surface area contributed by atoms with Gasteiger partial charge in [0.05, 0.1) is 6.54 Å². The first-order chi connectivity index (χ1) is 9.54. The number of nitrogens with one attached hydrogen (secondary N) is 1. The molecule has 0 bridgehead atoms. The third-order valence-corrected chi connectivity index (χ3v) is 2.42. The Morgan fingerprint density at radius 3 is 2.50 bits per heavy atom. The molecule has 0 amide bonds. The average Bonchev–Trinajstić information content (AvgIpc) is 2.86. The van der Waals surface area contributed by atoms with Crippen molar-refractivity contribution in [2.75, 3.05) is 5.32 Å². The highest BCUT2D eigenvalue weighted by Gasteiger charge is 2.08. The lowest BCUT2D eigenvalue weighted by atomic mass is 10.3. The van der Waals surface area contributed by atoms with Gasteiger partial charge in [0.15, 0.2) is 0 Å². The number of carboxylic acids is 1. The Labute approximate surface area is 112 Å². The molecule has 20 heavy (non-hydrogen) atoms. The second-order valence-electron chi connectivity index (χ2n) is 3.83. The highest BCUT2D eigenvalue weighted by Crippen LogP contribution is 2.18. The Morgan fingerprint density at radius 2 is 1.95 bits per heavy atom. The first-order valence-corrected chi connectivity index (χ1v) is 5.65. The number of alkyl halides is 2. The molecule has 2 N–H and O–H groups in total. The highest BCUT2D eigenvalue weighted by atomic mass is 19.3. The molecule has 5 nitrogen and oxygen atoms in total. The molecule has 0 fully saturated rings. The van der Waals surface area contributed by atoms with Crippen LogP contribution in [-0.2, 0) is 6.54 Å². The monoisotopic (exact) mass is 283 g/mol. The minimum atomic E-state index is -2.86. The topological polar surface area (TPSA) is 71.7 Å². The molecule has 106 valence electrons. The molecule has 0 atom stereocenters. The van der Waals surface area contributed by atoms with Crippen LogP contribution < -0.4 is 10.1 Å². The highest BCUT2D eigenvalue weighted by molar-refractivity contribution is 5.84. The normalized spacial score (nSPS) is 10.6. The third-order valence-electron chi connectivity index (χ3n) is 2.42. The van der Waals surface area contributed by atoms with Gasteiger partial charge in [0.2, 0.25) is 5.76 Å². The van der Waals surface area contributed by atoms with E-state index >= 15 is 0 Å². The lowest BCUT2D eigenvalue weighted by molar-refractivity contribution is -0.0498. The van der Waals surface area contributed by atoms with E-state index in [4.69, 9.17) is 9.52 Å². The zero-order valence-corrected chi connectivity index (χ0v) is 10.2. The zero-order chi connectivity index (χ0) is 14.5. The van der Waals surface area contributed by atoms with Gasteiger partial charge < -0.3 is 19.6 Å². The maximum atomic E-state index is 12.0. The van der Waals surface area contributed by atoms with E-state index in [1.807, 2.05) is 0 Å². The number of carbonyl (C=O) groups is 1. The van der Waals surface area contributed by atoms with Gasteiger partial charge in [-0.05, 0) is 36.4 Å². The Bertz CT molecular complexity index is 580. The molecule has 2 rings (SSSR count). The van der Waals surface area contributed by atoms with E-state index in [0.717, 1.165) is 0 Å². The van der Waals surface area contributed by atoms with Crippen LogP contribution in [-0.4, -0.2) is 17.7 Å². The summed E-state index contributed by atoms with van der Waals surface area (Å²) in [7, 11) is 0. The molecule has 0 aliphatic rings. The van der Waals surface area contributed by atoms with Crippen LogP contribution in [0.25, 0.3) is 0 Å². The SMILES string of the molecule is O=C(O)c1ccc(CNc2ccc(OC(F)F)cc2)o1. The number of carboxylic acid groups (broad SMARTS) is 1. The Balaban J connectivity index is 1.91. The van der Waals surface area contributed by atoms with Crippen molar-refractivity contribution in [3.05, 3.63) is 47.9 Å². The van der Waals surface area contributed by atoms with Crippen LogP contribution in [0.4, 0.5) is 14.5 Å². The summed E-state index contributed by atoms with van der Waals surface area (Å²) >= 11 is 0. The van der Waals surface area contributed by atoms with Gasteiger partial charge in [-0.3, -0.25) is 0 Å². The number of halogens is 2. The molecule has 0 saturated heterocycles. The van der Waals surface area contributed by atoms with Crippen molar-refractivity contribution in [1.29, 1.82) is 0 Å². The molecule has 1 aromatic heterocycles. The van der Waals surface area contributed by atoms with Crippen LogP contribution >= 0.6 is 0 Å². The van der Waals surface area contributed by atoms with Gasteiger partial charge in [-0.1, -0.05) is 0 Å². The van der Waals surface area contributed by atoms with E-state index in [2.05, 4.69) is 10.1 Å². The minimum absolute atomic E-state index is 0.0664. The largest absolute Gasteiger partial charge is 0.475 e. The van der Waals surface area contributed by atoms with Crippen LogP contribution in [0.15, 0.2) is 40.8 Å². The van der Waals surface area contributed by atoms with Crippen LogP contribution in [0.5, 0.6) is 5.75 Å². The van der Waals surface area contributed by atoms with Crippen molar-refractivity contribution in [2.24, 2.45) is 0 Å². The molecule has 0 spiro atoms. The fraction of sp³-hybridized carbons (Fsp3) is 0.154. The zero-order valence-electron chi connectivity index (χ0n) is 10.2. The predicted molar refractivity (Wildman–Crippen MR) is 66.1 cm³/mol. The second kappa shape index (κ2) is 6.05. The number of ether oxygens (including phenoxy) is 1. The van der Waals surface area contributed by atoms with Gasteiger partial charge in [0, 0.05) is 5.69 Å². The van der Waals surface area contributed by atoms with Crippen molar-refractivity contribution in [1.82, 2.24) is 0 Å². The average molecular weight is 283 g/mol. The third kappa shape index (κ3) is 3.71. The first-order valence-electron chi connectivity index (χ1n) is 5.65. The first kappa shape index (κ1) is 13.9. The molecule has 0 unspecified atom stereocenters. The second-order valence-corrected chi connectivity index (χ2v) is 3.83. The van der Waals surface area contributed by atoms with Crippen molar-refractivity contribution in [2.45, 2.75) is 13.2 Å². The maximum absolute atomic E-state index is 12.0. The summed E-state index contributed by atoms with van der Waals surface area (Å²) in [6.07, 6.45) is 0. The molecule has 7 heteroatoms. The molecule has 2 aromatic rings. The van der Waals surface area contributed by atoms with Gasteiger partial charge in [0.1, 0.15) is 11.5 Å². The van der Waals surface area contributed by atoms with Gasteiger partial charge in [-0.2, -0.15) is 8.78 Å². The Morgan fingerprint density at radius 1 is 1.25 bits per heavy atom. The van der Waals surface area contributed by atoms with Crippen LogP contribution in [0, 0.1) is 0 Å². The number of hydrogen-bond donors (Lipinski definition) is 2. The van der Waals surface area contributed by atoms with E-state index in [9.17, 15) is 13.6 Å². The number of anilines is 1. The Kier molecular flexibility index (Phi) is 4.19. The van der Waals surface area contributed by atoms with E-state index in [0.29, 0.717) is 11.4 Å². The standard InChI is InChI=1S/C13H11F2NO4/c14-13(15)20-9-3-1-8(2-4-9)16-7-10-5-6-11(19-10)12(17)18/h1-6,13,16H,7H2,(H,17,18). The Hall–Kier alpha value is -2.57. The van der Waals surface area contributed by atoms with Crippen LogP contribution in [0.3, 0.4) is 0 Å². The van der Waals surface area contributed by atoms with Gasteiger partial charge in [0.25, 0.3) is 0 Å². The molecule has 1 heterocycles. The fourth-order valence-electron chi connectivity index (χ4n) is 1.53. The predicted octanol–water partition coefficient (Wildman–Crippen LogP) is 3.19. The lowest BCUT2D eigenvalue weighted by Gasteiger charge is -2.07. The van der Waals surface area contributed by atoms with E-state index < -0.39 is 12.6 Å². The van der Waals surface area contributed by atoms with Gasteiger partial charge in [-0.15, -0.1) is 0 Å². The molecule has 0 aliphatic heterocycles. The lowest BCUT2D eigenvalue weighted by Crippen LogP contribution is -2.02. The van der Waals surface area contributed by atoms with E-state index in [1.165, 1.54) is 18.2 Å². The summed E-state index contributed by atoms with van der Waals surface area (Å²) in [5.41, 5.74) is 0.667. The van der Waals surface area contributed by atoms with Crippen molar-refractivity contribution in [3.8, 4) is 5.75 Å². The summed E-state index contributed by atoms with van der Waals surface area (Å²) in [6.45, 7) is -2.58. The quantitative estimate of drug-likeness (QED) is 0.851. The number of furan rings is 1. The number of rotatable bonds is 6. The van der Waals surface area contributed by atoms with Crippen LogP contribution in [0.1, 0.15) is 16.3 Å². The van der Waals surface area contributed by atoms with Crippen LogP contribution in [0.2, 0.25) is 0 Å². The molecule has 0 saturated carbocycles. The van der Waals surface area contributed by atoms with E-state index in [1.54, 1.807) is 18.2 Å². The van der Waals surface area contributed by atoms with Crippen molar-refractivity contribution >= 4 is 11.7 Å². The summed E-state index contributed by atoms with van der Waals surface area (Å²) in [5.74, 6) is -0.751. The molecular formula is C13H11F2NO4. The smallest absolute Gasteiger partial charge is 0.387 e.